The molecule has 1 aliphatic heterocycles. The molecule has 8 heteroatoms. The lowest BCUT2D eigenvalue weighted by Gasteiger charge is -2.19. The summed E-state index contributed by atoms with van der Waals surface area (Å²) in [4.78, 5) is 18.1. The Morgan fingerprint density at radius 3 is 2.76 bits per heavy atom. The minimum Gasteiger partial charge on any atom is -0.371 e. The van der Waals surface area contributed by atoms with Gasteiger partial charge in [-0.15, -0.1) is 6.58 Å². The van der Waals surface area contributed by atoms with Gasteiger partial charge >= 0.3 is 12.2 Å². The van der Waals surface area contributed by atoms with Gasteiger partial charge in [0.05, 0.1) is 11.6 Å². The lowest BCUT2D eigenvalue weighted by molar-refractivity contribution is -0.137. The van der Waals surface area contributed by atoms with E-state index in [1.54, 1.807) is 6.92 Å². The van der Waals surface area contributed by atoms with Crippen LogP contribution in [0.2, 0.25) is 0 Å². The molecule has 21 heavy (non-hydrogen) atoms. The summed E-state index contributed by atoms with van der Waals surface area (Å²) in [6.45, 7) is 5.29. The largest absolute Gasteiger partial charge is 0.416 e. The van der Waals surface area contributed by atoms with E-state index in [9.17, 15) is 23.1 Å². The van der Waals surface area contributed by atoms with Crippen molar-refractivity contribution in [2.45, 2.75) is 25.4 Å². The Labute approximate surface area is 119 Å². The maximum Gasteiger partial charge on any atom is 0.416 e. The van der Waals surface area contributed by atoms with Crippen molar-refractivity contribution in [3.63, 3.8) is 0 Å². The first kappa shape index (κ1) is 15.3. The molecule has 2 heterocycles. The number of pyridine rings is 1. The Hall–Kier alpha value is -2.09. The van der Waals surface area contributed by atoms with Crippen LogP contribution in [0, 0.1) is 0 Å². The summed E-state index contributed by atoms with van der Waals surface area (Å²) in [6, 6.07) is 0.362. The van der Waals surface area contributed by atoms with Crippen molar-refractivity contribution in [3.8, 4) is 0 Å². The number of anilines is 1. The third-order valence-electron chi connectivity index (χ3n) is 3.28. The molecule has 0 saturated carbocycles. The van der Waals surface area contributed by atoms with Gasteiger partial charge in [0.2, 0.25) is 0 Å². The van der Waals surface area contributed by atoms with Crippen LogP contribution < -0.4 is 4.90 Å². The summed E-state index contributed by atoms with van der Waals surface area (Å²) in [5.74, 6) is -0.235. The number of nitrogens with zero attached hydrogens (tertiary/aromatic N) is 3. The van der Waals surface area contributed by atoms with Crippen LogP contribution in [0.5, 0.6) is 0 Å². The number of halogens is 3. The standard InChI is InChI=1S/C13H14F3N3O2/c1-3-6-18-8(2)11(20)19(12(18)21)10-7-9(4-5-17-10)13(14,15)16/h3-5,7-8,11,20H,1,6H2,2H3. The molecule has 0 spiro atoms. The monoisotopic (exact) mass is 301 g/mol. The molecule has 0 aromatic carbocycles. The van der Waals surface area contributed by atoms with Gasteiger partial charge in [-0.1, -0.05) is 6.08 Å². The van der Waals surface area contributed by atoms with Gasteiger partial charge in [0, 0.05) is 12.7 Å². The first-order valence-corrected chi connectivity index (χ1v) is 6.19. The summed E-state index contributed by atoms with van der Waals surface area (Å²) in [5.41, 5.74) is -0.928. The molecule has 114 valence electrons. The van der Waals surface area contributed by atoms with Gasteiger partial charge in [-0.05, 0) is 19.1 Å². The van der Waals surface area contributed by atoms with Crippen LogP contribution in [0.15, 0.2) is 31.0 Å². The molecular weight excluding hydrogens is 287 g/mol. The molecule has 2 amide bonds. The fourth-order valence-electron chi connectivity index (χ4n) is 2.15. The van der Waals surface area contributed by atoms with E-state index in [2.05, 4.69) is 11.6 Å². The van der Waals surface area contributed by atoms with E-state index in [0.29, 0.717) is 0 Å². The van der Waals surface area contributed by atoms with Gasteiger partial charge in [0.1, 0.15) is 5.82 Å². The second-order valence-electron chi connectivity index (χ2n) is 4.65. The number of aliphatic hydroxyl groups excluding tert-OH is 1. The normalized spacial score (nSPS) is 22.8. The highest BCUT2D eigenvalue weighted by molar-refractivity contribution is 5.94. The lowest BCUT2D eigenvalue weighted by Crippen LogP contribution is -2.36. The zero-order valence-corrected chi connectivity index (χ0v) is 11.2. The molecule has 0 bridgehead atoms. The van der Waals surface area contributed by atoms with Crippen LogP contribution >= 0.6 is 0 Å². The SMILES string of the molecule is C=CCN1C(=O)N(c2cc(C(F)(F)F)ccn2)C(O)C1C. The van der Waals surface area contributed by atoms with Crippen LogP contribution in [0.3, 0.4) is 0 Å². The number of carbonyl (C=O) groups is 1. The van der Waals surface area contributed by atoms with Crippen molar-refractivity contribution < 1.29 is 23.1 Å². The molecule has 0 aliphatic carbocycles. The summed E-state index contributed by atoms with van der Waals surface area (Å²) in [5, 5.41) is 10.1. The summed E-state index contributed by atoms with van der Waals surface area (Å²) < 4.78 is 38.1. The highest BCUT2D eigenvalue weighted by Gasteiger charge is 2.44. The highest BCUT2D eigenvalue weighted by atomic mass is 19.4. The minimum absolute atomic E-state index is 0.187. The van der Waals surface area contributed by atoms with Crippen molar-refractivity contribution in [2.24, 2.45) is 0 Å². The van der Waals surface area contributed by atoms with Crippen molar-refractivity contribution in [1.82, 2.24) is 9.88 Å². The Balaban J connectivity index is 2.38. The van der Waals surface area contributed by atoms with E-state index in [1.165, 1.54) is 11.0 Å². The van der Waals surface area contributed by atoms with Crippen molar-refractivity contribution in [2.75, 3.05) is 11.4 Å². The first-order chi connectivity index (χ1) is 9.77. The number of rotatable bonds is 3. The molecule has 1 aromatic heterocycles. The average Bonchev–Trinajstić information content (AvgIpc) is 2.62. The topological polar surface area (TPSA) is 56.7 Å². The number of hydrogen-bond donors (Lipinski definition) is 1. The fraction of sp³-hybridized carbons (Fsp3) is 0.385. The Bertz CT molecular complexity index is 562. The second kappa shape index (κ2) is 5.36. The van der Waals surface area contributed by atoms with Crippen LogP contribution in [0.4, 0.5) is 23.8 Å². The van der Waals surface area contributed by atoms with Gasteiger partial charge < -0.3 is 10.0 Å². The van der Waals surface area contributed by atoms with E-state index < -0.39 is 30.0 Å². The highest BCUT2D eigenvalue weighted by Crippen LogP contribution is 2.33. The molecule has 1 aromatic rings. The van der Waals surface area contributed by atoms with Gasteiger partial charge in [0.15, 0.2) is 6.23 Å². The predicted octanol–water partition coefficient (Wildman–Crippen LogP) is 2.24. The molecule has 1 saturated heterocycles. The molecule has 1 N–H and O–H groups in total. The predicted molar refractivity (Wildman–Crippen MR) is 69.5 cm³/mol. The van der Waals surface area contributed by atoms with Crippen molar-refractivity contribution >= 4 is 11.8 Å². The van der Waals surface area contributed by atoms with Crippen molar-refractivity contribution in [1.29, 1.82) is 0 Å². The minimum atomic E-state index is -4.54. The summed E-state index contributed by atoms with van der Waals surface area (Å²) in [6.07, 6.45) is -3.38. The van der Waals surface area contributed by atoms with Crippen LogP contribution in [-0.4, -0.2) is 39.8 Å². The zero-order valence-electron chi connectivity index (χ0n) is 11.2. The number of aromatic nitrogens is 1. The maximum atomic E-state index is 12.7. The average molecular weight is 301 g/mol. The molecule has 1 aliphatic rings. The van der Waals surface area contributed by atoms with Gasteiger partial charge in [-0.25, -0.2) is 14.7 Å². The van der Waals surface area contributed by atoms with E-state index in [0.717, 1.165) is 23.2 Å². The number of alkyl halides is 3. The van der Waals surface area contributed by atoms with Crippen LogP contribution in [0.25, 0.3) is 0 Å². The van der Waals surface area contributed by atoms with E-state index in [4.69, 9.17) is 0 Å². The third kappa shape index (κ3) is 2.71. The van der Waals surface area contributed by atoms with Crippen LogP contribution in [-0.2, 0) is 6.18 Å². The summed E-state index contributed by atoms with van der Waals surface area (Å²) >= 11 is 0. The van der Waals surface area contributed by atoms with Gasteiger partial charge in [-0.3, -0.25) is 0 Å². The molecule has 2 atom stereocenters. The number of aliphatic hydroxyl groups is 1. The van der Waals surface area contributed by atoms with E-state index in [-0.39, 0.29) is 12.4 Å². The Morgan fingerprint density at radius 2 is 2.19 bits per heavy atom. The van der Waals surface area contributed by atoms with Gasteiger partial charge in [-0.2, -0.15) is 13.2 Å². The molecular formula is C13H14F3N3O2. The molecule has 5 nitrogen and oxygen atoms in total. The number of carbonyl (C=O) groups excluding carboxylic acids is 1. The lowest BCUT2D eigenvalue weighted by atomic mass is 10.2. The quantitative estimate of drug-likeness (QED) is 0.871. The van der Waals surface area contributed by atoms with Crippen molar-refractivity contribution in [3.05, 3.63) is 36.5 Å². The fourth-order valence-corrected chi connectivity index (χ4v) is 2.15. The third-order valence-corrected chi connectivity index (χ3v) is 3.28. The van der Waals surface area contributed by atoms with E-state index >= 15 is 0 Å². The number of urea groups is 1. The number of amides is 2. The number of hydrogen-bond acceptors (Lipinski definition) is 3. The maximum absolute atomic E-state index is 12.7. The zero-order chi connectivity index (χ0) is 15.8. The second-order valence-corrected chi connectivity index (χ2v) is 4.65. The Kier molecular flexibility index (Phi) is 3.91. The molecule has 2 rings (SSSR count). The first-order valence-electron chi connectivity index (χ1n) is 6.19. The van der Waals surface area contributed by atoms with E-state index in [1.807, 2.05) is 0 Å². The summed E-state index contributed by atoms with van der Waals surface area (Å²) in [7, 11) is 0. The van der Waals surface area contributed by atoms with Gasteiger partial charge in [0.25, 0.3) is 0 Å². The molecule has 1 fully saturated rings. The Morgan fingerprint density at radius 1 is 1.52 bits per heavy atom. The molecule has 0 radical (unpaired) electrons. The smallest absolute Gasteiger partial charge is 0.371 e. The van der Waals surface area contributed by atoms with Crippen LogP contribution in [0.1, 0.15) is 12.5 Å². The molecule has 2 unspecified atom stereocenters.